The van der Waals surface area contributed by atoms with Gasteiger partial charge in [-0.2, -0.15) is 0 Å². The third-order valence-electron chi connectivity index (χ3n) is 3.41. The molecule has 0 aromatic heterocycles. The van der Waals surface area contributed by atoms with Gasteiger partial charge in [0.15, 0.2) is 0 Å². The lowest BCUT2D eigenvalue weighted by atomic mass is 9.77. The van der Waals surface area contributed by atoms with Crippen molar-refractivity contribution in [3.05, 3.63) is 12.2 Å². The first-order valence-electron chi connectivity index (χ1n) is 5.53. The highest BCUT2D eigenvalue weighted by atomic mass is 15.1. The van der Waals surface area contributed by atoms with Crippen molar-refractivity contribution in [2.24, 2.45) is 11.8 Å². The summed E-state index contributed by atoms with van der Waals surface area (Å²) < 4.78 is 0. The topological polar surface area (TPSA) is 3.24 Å². The Bertz CT molecular complexity index is 172. The highest BCUT2D eigenvalue weighted by Crippen LogP contribution is 2.32. The minimum atomic E-state index is 0.764. The molecule has 0 saturated carbocycles. The number of rotatable bonds is 3. The van der Waals surface area contributed by atoms with Crippen LogP contribution in [0.5, 0.6) is 0 Å². The van der Waals surface area contributed by atoms with Crippen molar-refractivity contribution >= 4 is 0 Å². The van der Waals surface area contributed by atoms with Gasteiger partial charge < -0.3 is 4.90 Å². The third-order valence-corrected chi connectivity index (χ3v) is 3.41. The molecule has 0 aliphatic heterocycles. The van der Waals surface area contributed by atoms with Gasteiger partial charge in [-0.3, -0.25) is 0 Å². The summed E-state index contributed by atoms with van der Waals surface area (Å²) in [6.07, 6.45) is 8.63. The summed E-state index contributed by atoms with van der Waals surface area (Å²) in [7, 11) is 4.42. The molecule has 0 heterocycles. The van der Waals surface area contributed by atoms with Crippen LogP contribution in [0.15, 0.2) is 12.2 Å². The summed E-state index contributed by atoms with van der Waals surface area (Å²) in [5.41, 5.74) is 0. The molecule has 0 N–H and O–H groups in total. The Hall–Kier alpha value is -0.300. The number of allylic oxidation sites excluding steroid dienone is 1. The molecule has 0 bridgehead atoms. The smallest absolute Gasteiger partial charge is 0.0157 e. The zero-order valence-electron chi connectivity index (χ0n) is 9.46. The van der Waals surface area contributed by atoms with Crippen molar-refractivity contribution in [1.82, 2.24) is 4.90 Å². The Morgan fingerprint density at radius 1 is 1.23 bits per heavy atom. The normalized spacial score (nSPS) is 34.1. The van der Waals surface area contributed by atoms with E-state index in [0.717, 1.165) is 17.9 Å². The second kappa shape index (κ2) is 4.80. The first-order chi connectivity index (χ1) is 6.20. The molecule has 0 aromatic rings. The van der Waals surface area contributed by atoms with E-state index in [-0.39, 0.29) is 0 Å². The number of hydrogen-bond acceptors (Lipinski definition) is 1. The van der Waals surface area contributed by atoms with Gasteiger partial charge in [0.25, 0.3) is 0 Å². The molecule has 0 saturated heterocycles. The average Bonchev–Trinajstić information content (AvgIpc) is 2.16. The van der Waals surface area contributed by atoms with Crippen LogP contribution in [0, 0.1) is 11.8 Å². The second-order valence-corrected chi connectivity index (χ2v) is 4.34. The van der Waals surface area contributed by atoms with Crippen LogP contribution in [-0.4, -0.2) is 25.0 Å². The lowest BCUT2D eigenvalue weighted by molar-refractivity contribution is 0.158. The molecular weight excluding hydrogens is 158 g/mol. The first kappa shape index (κ1) is 10.8. The van der Waals surface area contributed by atoms with Gasteiger partial charge in [0.2, 0.25) is 0 Å². The lowest BCUT2D eigenvalue weighted by Crippen LogP contribution is -2.39. The van der Waals surface area contributed by atoms with E-state index in [1.54, 1.807) is 0 Å². The summed E-state index contributed by atoms with van der Waals surface area (Å²) in [5.74, 6) is 1.68. The molecule has 13 heavy (non-hydrogen) atoms. The molecule has 1 aliphatic rings. The Kier molecular flexibility index (Phi) is 3.98. The molecule has 0 amide bonds. The van der Waals surface area contributed by atoms with Gasteiger partial charge in [-0.15, -0.1) is 0 Å². The fourth-order valence-corrected chi connectivity index (χ4v) is 2.60. The molecule has 0 aromatic carbocycles. The van der Waals surface area contributed by atoms with E-state index >= 15 is 0 Å². The van der Waals surface area contributed by atoms with Crippen molar-refractivity contribution < 1.29 is 0 Å². The Balaban J connectivity index is 2.70. The standard InChI is InChI=1S/C12H23N/c1-5-10-8-7-9-12(13(3)4)11(10)6-2/h7-8,10-12H,5-6,9H2,1-4H3. The van der Waals surface area contributed by atoms with E-state index in [1.165, 1.54) is 19.3 Å². The fourth-order valence-electron chi connectivity index (χ4n) is 2.60. The summed E-state index contributed by atoms with van der Waals surface area (Å²) >= 11 is 0. The molecule has 3 atom stereocenters. The van der Waals surface area contributed by atoms with Crippen molar-refractivity contribution in [2.45, 2.75) is 39.2 Å². The third kappa shape index (κ3) is 2.34. The van der Waals surface area contributed by atoms with Gasteiger partial charge in [0.1, 0.15) is 0 Å². The van der Waals surface area contributed by atoms with Crippen LogP contribution in [-0.2, 0) is 0 Å². The SMILES string of the molecule is CCC1C=CCC(N(C)C)C1CC. The monoisotopic (exact) mass is 181 g/mol. The Labute approximate surface area is 82.8 Å². The van der Waals surface area contributed by atoms with E-state index in [2.05, 4.69) is 45.0 Å². The Morgan fingerprint density at radius 2 is 1.92 bits per heavy atom. The molecule has 3 unspecified atom stereocenters. The van der Waals surface area contributed by atoms with Gasteiger partial charge in [0.05, 0.1) is 0 Å². The molecule has 0 radical (unpaired) electrons. The van der Waals surface area contributed by atoms with Crippen molar-refractivity contribution in [1.29, 1.82) is 0 Å². The van der Waals surface area contributed by atoms with Crippen LogP contribution in [0.1, 0.15) is 33.1 Å². The largest absolute Gasteiger partial charge is 0.306 e. The molecule has 0 fully saturated rings. The van der Waals surface area contributed by atoms with Crippen LogP contribution in [0.3, 0.4) is 0 Å². The van der Waals surface area contributed by atoms with Gasteiger partial charge in [-0.25, -0.2) is 0 Å². The van der Waals surface area contributed by atoms with Crippen molar-refractivity contribution in [3.8, 4) is 0 Å². The molecule has 1 rings (SSSR count). The zero-order valence-corrected chi connectivity index (χ0v) is 9.46. The van der Waals surface area contributed by atoms with Gasteiger partial charge in [-0.1, -0.05) is 32.4 Å². The number of nitrogens with zero attached hydrogens (tertiary/aromatic N) is 1. The van der Waals surface area contributed by atoms with Crippen LogP contribution >= 0.6 is 0 Å². The predicted molar refractivity (Wildman–Crippen MR) is 58.8 cm³/mol. The zero-order chi connectivity index (χ0) is 9.84. The minimum absolute atomic E-state index is 0.764. The maximum Gasteiger partial charge on any atom is 0.0157 e. The van der Waals surface area contributed by atoms with Gasteiger partial charge in [0, 0.05) is 6.04 Å². The first-order valence-corrected chi connectivity index (χ1v) is 5.53. The average molecular weight is 181 g/mol. The second-order valence-electron chi connectivity index (χ2n) is 4.34. The Morgan fingerprint density at radius 3 is 2.38 bits per heavy atom. The molecule has 0 spiro atoms. The van der Waals surface area contributed by atoms with Gasteiger partial charge >= 0.3 is 0 Å². The van der Waals surface area contributed by atoms with Crippen LogP contribution in [0.25, 0.3) is 0 Å². The minimum Gasteiger partial charge on any atom is -0.306 e. The molecule has 1 nitrogen and oxygen atoms in total. The maximum atomic E-state index is 2.42. The van der Waals surface area contributed by atoms with Gasteiger partial charge in [-0.05, 0) is 38.8 Å². The van der Waals surface area contributed by atoms with Crippen LogP contribution in [0.2, 0.25) is 0 Å². The van der Waals surface area contributed by atoms with E-state index in [9.17, 15) is 0 Å². The quantitative estimate of drug-likeness (QED) is 0.605. The summed E-state index contributed by atoms with van der Waals surface area (Å²) in [4.78, 5) is 2.39. The molecular formula is C12H23N. The molecule has 1 aliphatic carbocycles. The van der Waals surface area contributed by atoms with Crippen molar-refractivity contribution in [3.63, 3.8) is 0 Å². The highest BCUT2D eigenvalue weighted by Gasteiger charge is 2.28. The number of hydrogen-bond donors (Lipinski definition) is 0. The van der Waals surface area contributed by atoms with E-state index in [0.29, 0.717) is 0 Å². The lowest BCUT2D eigenvalue weighted by Gasteiger charge is -2.38. The molecule has 1 heteroatoms. The molecule has 76 valence electrons. The summed E-state index contributed by atoms with van der Waals surface area (Å²) in [6, 6.07) is 0.764. The predicted octanol–water partition coefficient (Wildman–Crippen LogP) is 2.93. The summed E-state index contributed by atoms with van der Waals surface area (Å²) in [5, 5.41) is 0. The highest BCUT2D eigenvalue weighted by molar-refractivity contribution is 5.02. The van der Waals surface area contributed by atoms with Crippen LogP contribution < -0.4 is 0 Å². The van der Waals surface area contributed by atoms with Crippen molar-refractivity contribution in [2.75, 3.05) is 14.1 Å². The van der Waals surface area contributed by atoms with E-state index < -0.39 is 0 Å². The van der Waals surface area contributed by atoms with E-state index in [4.69, 9.17) is 0 Å². The fraction of sp³-hybridized carbons (Fsp3) is 0.833. The summed E-state index contributed by atoms with van der Waals surface area (Å²) in [6.45, 7) is 4.62. The van der Waals surface area contributed by atoms with E-state index in [1.807, 2.05) is 0 Å². The van der Waals surface area contributed by atoms with Crippen LogP contribution in [0.4, 0.5) is 0 Å². The maximum absolute atomic E-state index is 2.42.